The predicted molar refractivity (Wildman–Crippen MR) is 136 cm³/mol. The molecule has 0 aliphatic heterocycles. The van der Waals surface area contributed by atoms with Gasteiger partial charge < -0.3 is 10.1 Å². The van der Waals surface area contributed by atoms with E-state index in [0.29, 0.717) is 36.7 Å². The van der Waals surface area contributed by atoms with Crippen LogP contribution in [0.4, 0.5) is 5.69 Å². The standard InChI is InChI=1S/C24H33N3O4S2/c1-4-7-18-31-21-12-8-19(9-13-21)23(28)26-24(32)25-20-10-14-22(15-11-20)33(29,30)27(16-5-2)17-6-3/h8-15H,4-7,16-18H2,1-3H3,(H2,25,26,28,32). The number of carbonyl (C=O) groups is 1. The van der Waals surface area contributed by atoms with Gasteiger partial charge in [0, 0.05) is 24.3 Å². The maximum Gasteiger partial charge on any atom is 0.257 e. The second kappa shape index (κ2) is 13.3. The smallest absolute Gasteiger partial charge is 0.257 e. The molecule has 0 atom stereocenters. The number of nitrogens with zero attached hydrogens (tertiary/aromatic N) is 1. The lowest BCUT2D eigenvalue weighted by Crippen LogP contribution is -2.34. The van der Waals surface area contributed by atoms with Crippen LogP contribution in [0.2, 0.25) is 0 Å². The van der Waals surface area contributed by atoms with E-state index < -0.39 is 10.0 Å². The number of hydrogen-bond acceptors (Lipinski definition) is 5. The van der Waals surface area contributed by atoms with Crippen molar-refractivity contribution < 1.29 is 17.9 Å². The second-order valence-corrected chi connectivity index (χ2v) is 9.91. The van der Waals surface area contributed by atoms with Crippen molar-refractivity contribution in [3.05, 3.63) is 54.1 Å². The molecule has 0 bridgehead atoms. The Labute approximate surface area is 202 Å². The molecule has 180 valence electrons. The highest BCUT2D eigenvalue weighted by Gasteiger charge is 2.22. The van der Waals surface area contributed by atoms with Gasteiger partial charge in [-0.1, -0.05) is 27.2 Å². The van der Waals surface area contributed by atoms with Gasteiger partial charge in [-0.05, 0) is 80.0 Å². The molecule has 0 aliphatic carbocycles. The zero-order chi connectivity index (χ0) is 24.3. The molecule has 0 spiro atoms. The molecule has 0 unspecified atom stereocenters. The van der Waals surface area contributed by atoms with Gasteiger partial charge in [0.2, 0.25) is 10.0 Å². The van der Waals surface area contributed by atoms with Crippen LogP contribution in [0.5, 0.6) is 5.75 Å². The SMILES string of the molecule is CCCCOc1ccc(C(=O)NC(=S)Nc2ccc(S(=O)(=O)N(CCC)CCC)cc2)cc1. The highest BCUT2D eigenvalue weighted by molar-refractivity contribution is 7.89. The van der Waals surface area contributed by atoms with E-state index in [1.54, 1.807) is 36.4 Å². The molecule has 0 aromatic heterocycles. The highest BCUT2D eigenvalue weighted by atomic mass is 32.2. The summed E-state index contributed by atoms with van der Waals surface area (Å²) in [6.07, 6.45) is 3.54. The zero-order valence-corrected chi connectivity index (χ0v) is 21.1. The van der Waals surface area contributed by atoms with Crippen molar-refractivity contribution in [3.8, 4) is 5.75 Å². The number of thiocarbonyl (C=S) groups is 1. The van der Waals surface area contributed by atoms with Crippen molar-refractivity contribution in [1.29, 1.82) is 0 Å². The normalized spacial score (nSPS) is 11.3. The summed E-state index contributed by atoms with van der Waals surface area (Å²) >= 11 is 5.23. The Kier molecular flexibility index (Phi) is 10.8. The first-order valence-electron chi connectivity index (χ1n) is 11.3. The zero-order valence-electron chi connectivity index (χ0n) is 19.5. The Balaban J connectivity index is 1.95. The van der Waals surface area contributed by atoms with Crippen LogP contribution in [0.25, 0.3) is 0 Å². The number of sulfonamides is 1. The van der Waals surface area contributed by atoms with Gasteiger partial charge in [-0.2, -0.15) is 4.31 Å². The summed E-state index contributed by atoms with van der Waals surface area (Å²) in [5, 5.41) is 5.66. The fourth-order valence-electron chi connectivity index (χ4n) is 3.08. The summed E-state index contributed by atoms with van der Waals surface area (Å²) in [4.78, 5) is 12.7. The van der Waals surface area contributed by atoms with Gasteiger partial charge >= 0.3 is 0 Å². The number of carbonyl (C=O) groups excluding carboxylic acids is 1. The largest absolute Gasteiger partial charge is 0.494 e. The van der Waals surface area contributed by atoms with E-state index in [-0.39, 0.29) is 15.9 Å². The van der Waals surface area contributed by atoms with Crippen LogP contribution in [-0.2, 0) is 10.0 Å². The summed E-state index contributed by atoms with van der Waals surface area (Å²) in [5.41, 5.74) is 1.03. The summed E-state index contributed by atoms with van der Waals surface area (Å²) in [7, 11) is -3.54. The maximum absolute atomic E-state index is 12.9. The quantitative estimate of drug-likeness (QED) is 0.327. The van der Waals surface area contributed by atoms with Crippen LogP contribution in [0, 0.1) is 0 Å². The van der Waals surface area contributed by atoms with Crippen molar-refractivity contribution in [2.75, 3.05) is 25.0 Å². The lowest BCUT2D eigenvalue weighted by atomic mass is 10.2. The Morgan fingerprint density at radius 2 is 1.55 bits per heavy atom. The molecule has 0 saturated carbocycles. The molecule has 2 N–H and O–H groups in total. The Morgan fingerprint density at radius 3 is 2.09 bits per heavy atom. The minimum atomic E-state index is -3.54. The number of anilines is 1. The first-order valence-corrected chi connectivity index (χ1v) is 13.1. The topological polar surface area (TPSA) is 87.7 Å². The third-order valence-corrected chi connectivity index (χ3v) is 6.92. The minimum Gasteiger partial charge on any atom is -0.494 e. The Hall–Kier alpha value is -2.49. The average molecular weight is 492 g/mol. The van der Waals surface area contributed by atoms with Crippen LogP contribution in [0.15, 0.2) is 53.4 Å². The van der Waals surface area contributed by atoms with Crippen LogP contribution < -0.4 is 15.4 Å². The van der Waals surface area contributed by atoms with Crippen molar-refractivity contribution in [2.24, 2.45) is 0 Å². The highest BCUT2D eigenvalue weighted by Crippen LogP contribution is 2.19. The lowest BCUT2D eigenvalue weighted by Gasteiger charge is -2.21. The fourth-order valence-corrected chi connectivity index (χ4v) is 4.92. The average Bonchev–Trinajstić information content (AvgIpc) is 2.80. The molecule has 33 heavy (non-hydrogen) atoms. The molecule has 0 saturated heterocycles. The number of benzene rings is 2. The van der Waals surface area contributed by atoms with Gasteiger partial charge in [-0.3, -0.25) is 10.1 Å². The van der Waals surface area contributed by atoms with E-state index in [1.807, 2.05) is 13.8 Å². The minimum absolute atomic E-state index is 0.123. The molecule has 0 fully saturated rings. The van der Waals surface area contributed by atoms with E-state index in [0.717, 1.165) is 25.7 Å². The molecule has 1 amide bonds. The molecule has 0 aliphatic rings. The van der Waals surface area contributed by atoms with Crippen LogP contribution in [-0.4, -0.2) is 43.4 Å². The molecular formula is C24H33N3O4S2. The third-order valence-electron chi connectivity index (χ3n) is 4.81. The number of unbranched alkanes of at least 4 members (excludes halogenated alkanes) is 1. The molecule has 2 aromatic rings. The summed E-state index contributed by atoms with van der Waals surface area (Å²) < 4.78 is 32.8. The second-order valence-electron chi connectivity index (χ2n) is 7.56. The maximum atomic E-state index is 12.9. The van der Waals surface area contributed by atoms with E-state index in [2.05, 4.69) is 17.6 Å². The van der Waals surface area contributed by atoms with Crippen LogP contribution >= 0.6 is 12.2 Å². The number of ether oxygens (including phenoxy) is 1. The molecule has 7 nitrogen and oxygen atoms in total. The number of nitrogens with one attached hydrogen (secondary N) is 2. The third kappa shape index (κ3) is 8.10. The van der Waals surface area contributed by atoms with Crippen molar-refractivity contribution in [3.63, 3.8) is 0 Å². The Bertz CT molecular complexity index is 1000. The van der Waals surface area contributed by atoms with Gasteiger partial charge in [-0.15, -0.1) is 0 Å². The molecule has 2 rings (SSSR count). The first kappa shape index (κ1) is 26.8. The van der Waals surface area contributed by atoms with Crippen molar-refractivity contribution in [2.45, 2.75) is 51.3 Å². The molecular weight excluding hydrogens is 458 g/mol. The van der Waals surface area contributed by atoms with Crippen molar-refractivity contribution in [1.82, 2.24) is 9.62 Å². The van der Waals surface area contributed by atoms with Gasteiger partial charge in [0.05, 0.1) is 11.5 Å². The van der Waals surface area contributed by atoms with Gasteiger partial charge in [-0.25, -0.2) is 8.42 Å². The van der Waals surface area contributed by atoms with Gasteiger partial charge in [0.25, 0.3) is 5.91 Å². The van der Waals surface area contributed by atoms with Gasteiger partial charge in [0.1, 0.15) is 5.75 Å². The van der Waals surface area contributed by atoms with E-state index in [4.69, 9.17) is 17.0 Å². The summed E-state index contributed by atoms with van der Waals surface area (Å²) in [5.74, 6) is 0.369. The predicted octanol–water partition coefficient (Wildman–Crippen LogP) is 4.80. The number of rotatable bonds is 12. The van der Waals surface area contributed by atoms with E-state index in [1.165, 1.54) is 16.4 Å². The molecule has 0 heterocycles. The van der Waals surface area contributed by atoms with E-state index >= 15 is 0 Å². The molecule has 2 aromatic carbocycles. The first-order chi connectivity index (χ1) is 15.8. The monoisotopic (exact) mass is 491 g/mol. The lowest BCUT2D eigenvalue weighted by molar-refractivity contribution is 0.0977. The Morgan fingerprint density at radius 1 is 0.939 bits per heavy atom. The van der Waals surface area contributed by atoms with E-state index in [9.17, 15) is 13.2 Å². The van der Waals surface area contributed by atoms with Crippen LogP contribution in [0.3, 0.4) is 0 Å². The van der Waals surface area contributed by atoms with Crippen LogP contribution in [0.1, 0.15) is 56.8 Å². The number of amides is 1. The summed E-state index contributed by atoms with van der Waals surface area (Å²) in [6.45, 7) is 7.62. The number of hydrogen-bond donors (Lipinski definition) is 2. The van der Waals surface area contributed by atoms with Gasteiger partial charge in [0.15, 0.2) is 5.11 Å². The fraction of sp³-hybridized carbons (Fsp3) is 0.417. The molecule has 9 heteroatoms. The molecule has 0 radical (unpaired) electrons. The summed E-state index contributed by atoms with van der Waals surface area (Å²) in [6, 6.07) is 13.2. The van der Waals surface area contributed by atoms with Crippen molar-refractivity contribution >= 4 is 38.9 Å².